The molecule has 5 rings (SSSR count). The summed E-state index contributed by atoms with van der Waals surface area (Å²) < 4.78 is 5.58. The molecule has 2 N–H and O–H groups in total. The van der Waals surface area contributed by atoms with E-state index in [-0.39, 0.29) is 5.56 Å². The largest absolute Gasteiger partial charge is 0.496 e. The van der Waals surface area contributed by atoms with Crippen LogP contribution in [0.2, 0.25) is 5.02 Å². The van der Waals surface area contributed by atoms with Gasteiger partial charge in [-0.25, -0.2) is 4.79 Å². The van der Waals surface area contributed by atoms with Crippen LogP contribution in [-0.2, 0) is 6.42 Å². The number of methoxy groups -OCH3 is 1. The predicted octanol–water partition coefficient (Wildman–Crippen LogP) is 6.96. The first kappa shape index (κ1) is 26.6. The number of rotatable bonds is 9. The van der Waals surface area contributed by atoms with Crippen LogP contribution < -0.4 is 10.2 Å². The summed E-state index contributed by atoms with van der Waals surface area (Å²) in [6.07, 6.45) is 0.490. The van der Waals surface area contributed by atoms with Crippen LogP contribution in [0, 0.1) is 0 Å². The fraction of sp³-hybridized carbons (Fsp3) is 0.0625. The number of nitrogens with zero attached hydrogens (tertiary/aromatic N) is 3. The molecule has 8 heteroatoms. The maximum Gasteiger partial charge on any atom is 0.336 e. The van der Waals surface area contributed by atoms with Gasteiger partial charge in [0.25, 0.3) is 0 Å². The van der Waals surface area contributed by atoms with E-state index < -0.39 is 5.97 Å². The number of carboxylic acid groups (broad SMARTS) is 1. The minimum Gasteiger partial charge on any atom is -0.496 e. The van der Waals surface area contributed by atoms with E-state index in [1.165, 1.54) is 0 Å². The standard InChI is InChI=1S/C32H25ClN4O3/c1-40-29-14-8-5-11-23(29)19-24-20-28(21-15-17-25(33)18-16-21)34-36-31(24)37-35-30(22-9-3-2-4-10-22)26-12-6-7-13-27(26)32(38)39/h2-18,20H,19H2,1H3,(H,36,37)(H,38,39)/b35-30-. The Hall–Kier alpha value is -5.01. The van der Waals surface area contributed by atoms with Crippen molar-refractivity contribution in [3.05, 3.63) is 142 Å². The molecule has 40 heavy (non-hydrogen) atoms. The fourth-order valence-electron chi connectivity index (χ4n) is 4.34. The molecule has 0 aliphatic rings. The molecule has 5 aromatic rings. The van der Waals surface area contributed by atoms with Crippen LogP contribution in [0.4, 0.5) is 5.82 Å². The minimum absolute atomic E-state index is 0.144. The molecule has 7 nitrogen and oxygen atoms in total. The van der Waals surface area contributed by atoms with Crippen LogP contribution in [0.15, 0.2) is 114 Å². The maximum absolute atomic E-state index is 12.0. The Balaban J connectivity index is 1.61. The summed E-state index contributed by atoms with van der Waals surface area (Å²) >= 11 is 6.09. The van der Waals surface area contributed by atoms with Crippen LogP contribution >= 0.6 is 11.6 Å². The van der Waals surface area contributed by atoms with E-state index in [2.05, 4.69) is 20.7 Å². The number of nitrogens with one attached hydrogen (secondary N) is 1. The van der Waals surface area contributed by atoms with Crippen LogP contribution in [0.25, 0.3) is 11.3 Å². The molecular weight excluding hydrogens is 524 g/mol. The Bertz CT molecular complexity index is 1670. The molecule has 0 spiro atoms. The van der Waals surface area contributed by atoms with Gasteiger partial charge in [-0.15, -0.1) is 10.2 Å². The zero-order chi connectivity index (χ0) is 27.9. The molecule has 0 amide bonds. The number of aromatic carboxylic acids is 1. The lowest BCUT2D eigenvalue weighted by atomic mass is 9.97. The highest BCUT2D eigenvalue weighted by Crippen LogP contribution is 2.28. The monoisotopic (exact) mass is 548 g/mol. The molecule has 1 aromatic heterocycles. The van der Waals surface area contributed by atoms with Crippen molar-refractivity contribution >= 4 is 29.1 Å². The molecule has 0 unspecified atom stereocenters. The Morgan fingerprint density at radius 3 is 2.25 bits per heavy atom. The molecule has 0 aliphatic heterocycles. The molecule has 0 fully saturated rings. The highest BCUT2D eigenvalue weighted by Gasteiger charge is 2.17. The van der Waals surface area contributed by atoms with Gasteiger partial charge in [0.05, 0.1) is 24.1 Å². The first-order valence-corrected chi connectivity index (χ1v) is 12.9. The molecular formula is C32H25ClN4O3. The zero-order valence-electron chi connectivity index (χ0n) is 21.6. The Morgan fingerprint density at radius 2 is 1.52 bits per heavy atom. The smallest absolute Gasteiger partial charge is 0.336 e. The lowest BCUT2D eigenvalue weighted by Crippen LogP contribution is -2.13. The average molecular weight is 549 g/mol. The number of aromatic nitrogens is 2. The van der Waals surface area contributed by atoms with Gasteiger partial charge >= 0.3 is 5.97 Å². The summed E-state index contributed by atoms with van der Waals surface area (Å²) in [5, 5.41) is 24.1. The maximum atomic E-state index is 12.0. The fourth-order valence-corrected chi connectivity index (χ4v) is 4.46. The van der Waals surface area contributed by atoms with Crippen molar-refractivity contribution in [2.24, 2.45) is 5.10 Å². The number of carboxylic acids is 1. The molecule has 0 radical (unpaired) electrons. The van der Waals surface area contributed by atoms with Crippen molar-refractivity contribution in [2.75, 3.05) is 12.5 Å². The molecule has 1 heterocycles. The summed E-state index contributed by atoms with van der Waals surface area (Å²) in [7, 11) is 1.64. The molecule has 0 atom stereocenters. The second-order valence-electron chi connectivity index (χ2n) is 8.89. The molecule has 0 bridgehead atoms. The Kier molecular flexibility index (Phi) is 8.13. The van der Waals surface area contributed by atoms with Gasteiger partial charge < -0.3 is 9.84 Å². The van der Waals surface area contributed by atoms with Gasteiger partial charge in [0, 0.05) is 33.7 Å². The topological polar surface area (TPSA) is 96.7 Å². The van der Waals surface area contributed by atoms with E-state index >= 15 is 0 Å². The number of carbonyl (C=O) groups is 1. The summed E-state index contributed by atoms with van der Waals surface area (Å²) in [5.41, 5.74) is 8.25. The van der Waals surface area contributed by atoms with Crippen LogP contribution in [0.3, 0.4) is 0 Å². The summed E-state index contributed by atoms with van der Waals surface area (Å²) in [6, 6.07) is 33.3. The van der Waals surface area contributed by atoms with Crippen molar-refractivity contribution in [2.45, 2.75) is 6.42 Å². The lowest BCUT2D eigenvalue weighted by Gasteiger charge is -2.14. The van der Waals surface area contributed by atoms with E-state index in [0.717, 1.165) is 28.0 Å². The number of para-hydroxylation sites is 1. The van der Waals surface area contributed by atoms with Gasteiger partial charge in [0.2, 0.25) is 0 Å². The van der Waals surface area contributed by atoms with E-state index in [1.807, 2.05) is 72.8 Å². The lowest BCUT2D eigenvalue weighted by molar-refractivity contribution is 0.0696. The normalized spacial score (nSPS) is 11.2. The first-order chi connectivity index (χ1) is 19.5. The highest BCUT2D eigenvalue weighted by atomic mass is 35.5. The van der Waals surface area contributed by atoms with Crippen molar-refractivity contribution in [3.8, 4) is 17.0 Å². The third-order valence-corrected chi connectivity index (χ3v) is 6.57. The molecule has 0 saturated carbocycles. The molecule has 198 valence electrons. The Morgan fingerprint density at radius 1 is 0.850 bits per heavy atom. The number of anilines is 1. The minimum atomic E-state index is -1.04. The average Bonchev–Trinajstić information content (AvgIpc) is 2.99. The zero-order valence-corrected chi connectivity index (χ0v) is 22.3. The quantitative estimate of drug-likeness (QED) is 0.153. The van der Waals surface area contributed by atoms with Crippen molar-refractivity contribution in [1.29, 1.82) is 0 Å². The Labute approximate surface area is 236 Å². The van der Waals surface area contributed by atoms with Gasteiger partial charge in [-0.1, -0.05) is 90.5 Å². The summed E-state index contributed by atoms with van der Waals surface area (Å²) in [4.78, 5) is 12.0. The number of hydrogen-bond donors (Lipinski definition) is 2. The number of benzene rings is 4. The van der Waals surface area contributed by atoms with Gasteiger partial charge in [0.1, 0.15) is 5.75 Å². The third kappa shape index (κ3) is 6.00. The van der Waals surface area contributed by atoms with E-state index in [4.69, 9.17) is 16.3 Å². The third-order valence-electron chi connectivity index (χ3n) is 6.32. The van der Waals surface area contributed by atoms with Crippen molar-refractivity contribution in [3.63, 3.8) is 0 Å². The molecule has 4 aromatic carbocycles. The van der Waals surface area contributed by atoms with Gasteiger partial charge in [-0.2, -0.15) is 5.10 Å². The summed E-state index contributed by atoms with van der Waals surface area (Å²) in [6.45, 7) is 0. The van der Waals surface area contributed by atoms with Gasteiger partial charge in [-0.05, 0) is 35.9 Å². The molecule has 0 aliphatic carbocycles. The molecule has 0 saturated heterocycles. The first-order valence-electron chi connectivity index (χ1n) is 12.5. The van der Waals surface area contributed by atoms with Crippen molar-refractivity contribution < 1.29 is 14.6 Å². The second-order valence-corrected chi connectivity index (χ2v) is 9.32. The van der Waals surface area contributed by atoms with Crippen molar-refractivity contribution in [1.82, 2.24) is 10.2 Å². The van der Waals surface area contributed by atoms with E-state index in [0.29, 0.717) is 34.2 Å². The number of hydrogen-bond acceptors (Lipinski definition) is 6. The summed E-state index contributed by atoms with van der Waals surface area (Å²) in [5.74, 6) is 0.148. The number of ether oxygens (including phenoxy) is 1. The SMILES string of the molecule is COc1ccccc1Cc1cc(-c2ccc(Cl)cc2)nnc1N/N=C(/c1ccccc1)c1ccccc1C(=O)O. The number of halogens is 1. The van der Waals surface area contributed by atoms with E-state index in [9.17, 15) is 9.90 Å². The predicted molar refractivity (Wildman–Crippen MR) is 157 cm³/mol. The second kappa shape index (κ2) is 12.2. The van der Waals surface area contributed by atoms with Crippen LogP contribution in [0.5, 0.6) is 5.75 Å². The highest BCUT2D eigenvalue weighted by molar-refractivity contribution is 6.30. The number of hydrazone groups is 1. The van der Waals surface area contributed by atoms with Crippen LogP contribution in [-0.4, -0.2) is 34.1 Å². The van der Waals surface area contributed by atoms with E-state index in [1.54, 1.807) is 43.5 Å². The van der Waals surface area contributed by atoms with Crippen LogP contribution in [0.1, 0.15) is 32.6 Å². The van der Waals surface area contributed by atoms with Gasteiger partial charge in [0.15, 0.2) is 5.82 Å². The van der Waals surface area contributed by atoms with Gasteiger partial charge in [-0.3, -0.25) is 5.43 Å².